The summed E-state index contributed by atoms with van der Waals surface area (Å²) in [6, 6.07) is 4.23. The maximum absolute atomic E-state index is 12.6. The van der Waals surface area contributed by atoms with Gasteiger partial charge in [0, 0.05) is 5.69 Å². The van der Waals surface area contributed by atoms with E-state index in [2.05, 4.69) is 24.5 Å². The van der Waals surface area contributed by atoms with Crippen molar-refractivity contribution in [1.82, 2.24) is 10.2 Å². The molecule has 142 valence electrons. The molecule has 1 atom stereocenters. The molecule has 4 amide bonds. The lowest BCUT2D eigenvalue weighted by molar-refractivity contribution is -0.133. The van der Waals surface area contributed by atoms with Gasteiger partial charge in [-0.1, -0.05) is 25.4 Å². The molecule has 0 unspecified atom stereocenters. The first-order chi connectivity index (χ1) is 12.2. The number of ether oxygens (including phenoxy) is 1. The zero-order valence-electron chi connectivity index (χ0n) is 15.4. The van der Waals surface area contributed by atoms with E-state index in [4.69, 9.17) is 16.3 Å². The molecule has 1 aromatic rings. The molecule has 1 saturated heterocycles. The summed E-state index contributed by atoms with van der Waals surface area (Å²) in [4.78, 5) is 37.9. The second-order valence-electron chi connectivity index (χ2n) is 6.98. The zero-order valence-corrected chi connectivity index (χ0v) is 16.1. The summed E-state index contributed by atoms with van der Waals surface area (Å²) in [7, 11) is 1.49. The first-order valence-electron chi connectivity index (χ1n) is 8.44. The van der Waals surface area contributed by atoms with Crippen molar-refractivity contribution in [2.45, 2.75) is 39.2 Å². The number of urea groups is 1. The Bertz CT molecular complexity index is 722. The van der Waals surface area contributed by atoms with Gasteiger partial charge in [-0.05, 0) is 43.9 Å². The molecule has 0 radical (unpaired) electrons. The maximum atomic E-state index is 12.6. The molecule has 8 heteroatoms. The number of rotatable bonds is 7. The number of nitrogens with zero attached hydrogens (tertiary/aromatic N) is 1. The average molecular weight is 382 g/mol. The van der Waals surface area contributed by atoms with E-state index in [9.17, 15) is 14.4 Å². The summed E-state index contributed by atoms with van der Waals surface area (Å²) in [5, 5.41) is 5.67. The SMILES string of the molecule is COc1ccc(NC(=O)CN2C(=O)N[C@@](C)(CCC(C)C)C2=O)cc1Cl. The van der Waals surface area contributed by atoms with Gasteiger partial charge in [-0.25, -0.2) is 4.79 Å². The van der Waals surface area contributed by atoms with Gasteiger partial charge in [-0.2, -0.15) is 0 Å². The largest absolute Gasteiger partial charge is 0.495 e. The van der Waals surface area contributed by atoms with E-state index in [1.165, 1.54) is 13.2 Å². The van der Waals surface area contributed by atoms with Crippen LogP contribution in [0, 0.1) is 5.92 Å². The van der Waals surface area contributed by atoms with Crippen molar-refractivity contribution < 1.29 is 19.1 Å². The van der Waals surface area contributed by atoms with Crippen LogP contribution in [0.5, 0.6) is 5.75 Å². The second-order valence-corrected chi connectivity index (χ2v) is 7.39. The summed E-state index contributed by atoms with van der Waals surface area (Å²) < 4.78 is 5.05. The molecular formula is C18H24ClN3O4. The van der Waals surface area contributed by atoms with Crippen molar-refractivity contribution in [2.75, 3.05) is 19.0 Å². The molecule has 1 aliphatic heterocycles. The summed E-state index contributed by atoms with van der Waals surface area (Å²) in [5.41, 5.74) is -0.513. The van der Waals surface area contributed by atoms with E-state index in [0.717, 1.165) is 11.3 Å². The lowest BCUT2D eigenvalue weighted by Gasteiger charge is -2.22. The fraction of sp³-hybridized carbons (Fsp3) is 0.500. The normalized spacial score (nSPS) is 19.7. The number of methoxy groups -OCH3 is 1. The van der Waals surface area contributed by atoms with Gasteiger partial charge in [-0.15, -0.1) is 0 Å². The highest BCUT2D eigenvalue weighted by atomic mass is 35.5. The minimum absolute atomic E-state index is 0.349. The van der Waals surface area contributed by atoms with Crippen LogP contribution in [0.2, 0.25) is 5.02 Å². The molecule has 1 aromatic carbocycles. The van der Waals surface area contributed by atoms with E-state index in [1.54, 1.807) is 19.1 Å². The third kappa shape index (κ3) is 4.46. The van der Waals surface area contributed by atoms with Crippen LogP contribution in [-0.2, 0) is 9.59 Å². The highest BCUT2D eigenvalue weighted by Gasteiger charge is 2.47. The minimum atomic E-state index is -0.967. The van der Waals surface area contributed by atoms with Crippen LogP contribution >= 0.6 is 11.6 Å². The molecule has 0 bridgehead atoms. The Kier molecular flexibility index (Phi) is 6.13. The van der Waals surface area contributed by atoms with Crippen LogP contribution in [0.25, 0.3) is 0 Å². The Labute approximate surface area is 158 Å². The van der Waals surface area contributed by atoms with Crippen LogP contribution in [0.3, 0.4) is 0 Å². The van der Waals surface area contributed by atoms with E-state index in [0.29, 0.717) is 28.8 Å². The molecule has 7 nitrogen and oxygen atoms in total. The topological polar surface area (TPSA) is 87.7 Å². The van der Waals surface area contributed by atoms with Crippen LogP contribution in [0.15, 0.2) is 18.2 Å². The summed E-state index contributed by atoms with van der Waals surface area (Å²) >= 11 is 6.02. The summed E-state index contributed by atoms with van der Waals surface area (Å²) in [6.45, 7) is 5.44. The predicted octanol–water partition coefficient (Wildman–Crippen LogP) is 3.03. The van der Waals surface area contributed by atoms with Crippen LogP contribution in [0.1, 0.15) is 33.6 Å². The molecular weight excluding hydrogens is 358 g/mol. The van der Waals surface area contributed by atoms with E-state index >= 15 is 0 Å². The Hall–Kier alpha value is -2.28. The molecule has 0 saturated carbocycles. The lowest BCUT2D eigenvalue weighted by Crippen LogP contribution is -2.44. The fourth-order valence-electron chi connectivity index (χ4n) is 2.73. The van der Waals surface area contributed by atoms with Gasteiger partial charge in [0.05, 0.1) is 12.1 Å². The molecule has 1 fully saturated rings. The number of imide groups is 1. The summed E-state index contributed by atoms with van der Waals surface area (Å²) in [5.74, 6) is 0.0299. The first-order valence-corrected chi connectivity index (χ1v) is 8.81. The summed E-state index contributed by atoms with van der Waals surface area (Å²) in [6.07, 6.45) is 1.33. The number of benzene rings is 1. The molecule has 2 rings (SSSR count). The van der Waals surface area contributed by atoms with Crippen molar-refractivity contribution in [3.63, 3.8) is 0 Å². The van der Waals surface area contributed by atoms with Gasteiger partial charge in [0.2, 0.25) is 5.91 Å². The number of nitrogens with one attached hydrogen (secondary N) is 2. The quantitative estimate of drug-likeness (QED) is 0.710. The first kappa shape index (κ1) is 20.0. The van der Waals surface area contributed by atoms with E-state index in [1.807, 2.05) is 0 Å². The van der Waals surface area contributed by atoms with Gasteiger partial charge in [0.15, 0.2) is 0 Å². The molecule has 0 spiro atoms. The Morgan fingerprint density at radius 2 is 2.08 bits per heavy atom. The maximum Gasteiger partial charge on any atom is 0.325 e. The molecule has 1 aliphatic rings. The van der Waals surface area contributed by atoms with Crippen molar-refractivity contribution in [1.29, 1.82) is 0 Å². The molecule has 2 N–H and O–H groups in total. The Balaban J connectivity index is 2.01. The van der Waals surface area contributed by atoms with Crippen molar-refractivity contribution in [2.24, 2.45) is 5.92 Å². The van der Waals surface area contributed by atoms with Crippen molar-refractivity contribution >= 4 is 35.1 Å². The van der Waals surface area contributed by atoms with E-state index in [-0.39, 0.29) is 12.5 Å². The zero-order chi connectivity index (χ0) is 19.5. The molecule has 26 heavy (non-hydrogen) atoms. The average Bonchev–Trinajstić information content (AvgIpc) is 2.77. The highest BCUT2D eigenvalue weighted by molar-refractivity contribution is 6.32. The van der Waals surface area contributed by atoms with Crippen molar-refractivity contribution in [3.05, 3.63) is 23.2 Å². The monoisotopic (exact) mass is 381 g/mol. The third-order valence-corrected chi connectivity index (χ3v) is 4.60. The number of anilines is 1. The van der Waals surface area contributed by atoms with Gasteiger partial charge < -0.3 is 15.4 Å². The van der Waals surface area contributed by atoms with Gasteiger partial charge in [0.1, 0.15) is 17.8 Å². The Morgan fingerprint density at radius 3 is 2.65 bits per heavy atom. The number of hydrogen-bond donors (Lipinski definition) is 2. The van der Waals surface area contributed by atoms with Gasteiger partial charge >= 0.3 is 6.03 Å². The highest BCUT2D eigenvalue weighted by Crippen LogP contribution is 2.28. The minimum Gasteiger partial charge on any atom is -0.495 e. The number of hydrogen-bond acceptors (Lipinski definition) is 4. The van der Waals surface area contributed by atoms with Crippen molar-refractivity contribution in [3.8, 4) is 5.75 Å². The number of carbonyl (C=O) groups excluding carboxylic acids is 3. The predicted molar refractivity (Wildman–Crippen MR) is 99.4 cm³/mol. The number of halogens is 1. The number of amides is 4. The van der Waals surface area contributed by atoms with Crippen LogP contribution in [-0.4, -0.2) is 41.9 Å². The lowest BCUT2D eigenvalue weighted by atomic mass is 9.92. The number of carbonyl (C=O) groups is 3. The van der Waals surface area contributed by atoms with Gasteiger partial charge in [-0.3, -0.25) is 14.5 Å². The smallest absolute Gasteiger partial charge is 0.325 e. The Morgan fingerprint density at radius 1 is 1.38 bits per heavy atom. The standard InChI is InChI=1S/C18H24ClN3O4/c1-11(2)7-8-18(3)16(24)22(17(25)21-18)10-15(23)20-12-5-6-14(26-4)13(19)9-12/h5-6,9,11H,7-8,10H2,1-4H3,(H,20,23)(H,21,25)/t18-/m0/s1. The molecule has 1 heterocycles. The van der Waals surface area contributed by atoms with Crippen LogP contribution < -0.4 is 15.4 Å². The third-order valence-electron chi connectivity index (χ3n) is 4.30. The second kappa shape index (κ2) is 7.95. The fourth-order valence-corrected chi connectivity index (χ4v) is 2.98. The van der Waals surface area contributed by atoms with Gasteiger partial charge in [0.25, 0.3) is 5.91 Å². The molecule has 0 aromatic heterocycles. The molecule has 0 aliphatic carbocycles. The van der Waals surface area contributed by atoms with Crippen LogP contribution in [0.4, 0.5) is 10.5 Å². The van der Waals surface area contributed by atoms with E-state index < -0.39 is 17.5 Å².